The summed E-state index contributed by atoms with van der Waals surface area (Å²) >= 11 is 0. The number of methoxy groups -OCH3 is 1. The van der Waals surface area contributed by atoms with Crippen molar-refractivity contribution in [2.45, 2.75) is 52.1 Å². The quantitative estimate of drug-likeness (QED) is 0.554. The number of ether oxygens (including phenoxy) is 2. The van der Waals surface area contributed by atoms with Crippen molar-refractivity contribution >= 4 is 5.97 Å². The molecule has 1 heterocycles. The molecule has 1 saturated heterocycles. The molecule has 0 aromatic carbocycles. The first kappa shape index (κ1) is 17.5. The van der Waals surface area contributed by atoms with Gasteiger partial charge in [0.05, 0.1) is 12.5 Å². The molecule has 0 radical (unpaired) electrons. The highest BCUT2D eigenvalue weighted by atomic mass is 16.6. The molecule has 3 heteroatoms. The molecule has 24 heavy (non-hydrogen) atoms. The first-order valence-corrected chi connectivity index (χ1v) is 9.22. The minimum absolute atomic E-state index is 0.00988. The molecule has 3 nitrogen and oxygen atoms in total. The fourth-order valence-electron chi connectivity index (χ4n) is 4.83. The van der Waals surface area contributed by atoms with E-state index < -0.39 is 0 Å². The van der Waals surface area contributed by atoms with E-state index in [-0.39, 0.29) is 29.8 Å². The summed E-state index contributed by atoms with van der Waals surface area (Å²) in [4.78, 5) is 12.3. The number of carbonyl (C=O) groups is 1. The topological polar surface area (TPSA) is 35.5 Å². The normalized spacial score (nSPS) is 41.4. The number of hydrogen-bond acceptors (Lipinski definition) is 3. The highest BCUT2D eigenvalue weighted by Gasteiger charge is 2.56. The number of rotatable bonds is 2. The number of carbonyl (C=O) groups excluding carboxylic acids is 1. The van der Waals surface area contributed by atoms with E-state index in [9.17, 15) is 4.79 Å². The molecule has 1 unspecified atom stereocenters. The van der Waals surface area contributed by atoms with Crippen molar-refractivity contribution in [3.05, 3.63) is 35.5 Å². The Labute approximate surface area is 145 Å². The fraction of sp³-hybridized carbons (Fsp3) is 0.667. The van der Waals surface area contributed by atoms with Gasteiger partial charge in [-0.2, -0.15) is 0 Å². The zero-order chi connectivity index (χ0) is 17.3. The van der Waals surface area contributed by atoms with E-state index >= 15 is 0 Å². The Hall–Kier alpha value is -1.35. The van der Waals surface area contributed by atoms with Crippen LogP contribution in [-0.4, -0.2) is 25.8 Å². The average Bonchev–Trinajstić information content (AvgIpc) is 3.03. The summed E-state index contributed by atoms with van der Waals surface area (Å²) in [6.45, 7) is 9.33. The van der Waals surface area contributed by atoms with Crippen LogP contribution < -0.4 is 0 Å². The lowest BCUT2D eigenvalue weighted by molar-refractivity contribution is -0.146. The van der Waals surface area contributed by atoms with Gasteiger partial charge in [-0.15, -0.1) is 0 Å². The largest absolute Gasteiger partial charge is 0.461 e. The molecule has 0 aromatic heterocycles. The lowest BCUT2D eigenvalue weighted by Crippen LogP contribution is -2.25. The predicted octanol–water partition coefficient (Wildman–Crippen LogP) is 4.45. The van der Waals surface area contributed by atoms with Crippen LogP contribution in [-0.2, 0) is 14.3 Å². The van der Waals surface area contributed by atoms with Gasteiger partial charge >= 0.3 is 5.97 Å². The van der Waals surface area contributed by atoms with Crippen LogP contribution in [0.15, 0.2) is 35.5 Å². The van der Waals surface area contributed by atoms with Gasteiger partial charge in [-0.25, -0.2) is 0 Å². The highest BCUT2D eigenvalue weighted by molar-refractivity contribution is 5.76. The Balaban J connectivity index is 1.88. The van der Waals surface area contributed by atoms with Crippen molar-refractivity contribution in [1.29, 1.82) is 0 Å². The van der Waals surface area contributed by atoms with Gasteiger partial charge < -0.3 is 9.47 Å². The molecule has 5 atom stereocenters. The molecular formula is C21H30O3. The Bertz CT molecular complexity index is 572. The molecule has 0 aromatic rings. The molecule has 3 aliphatic rings. The van der Waals surface area contributed by atoms with Crippen molar-refractivity contribution in [2.24, 2.45) is 23.7 Å². The van der Waals surface area contributed by atoms with Gasteiger partial charge in [-0.1, -0.05) is 35.5 Å². The van der Waals surface area contributed by atoms with Crippen LogP contribution in [0.5, 0.6) is 0 Å². The average molecular weight is 330 g/mol. The number of esters is 1. The second-order valence-corrected chi connectivity index (χ2v) is 7.73. The van der Waals surface area contributed by atoms with E-state index in [1.165, 1.54) is 16.7 Å². The third kappa shape index (κ3) is 3.23. The molecule has 1 aliphatic heterocycles. The first-order chi connectivity index (χ1) is 11.5. The Morgan fingerprint density at radius 2 is 2.00 bits per heavy atom. The summed E-state index contributed by atoms with van der Waals surface area (Å²) in [7, 11) is 1.66. The highest BCUT2D eigenvalue weighted by Crippen LogP contribution is 2.52. The summed E-state index contributed by atoms with van der Waals surface area (Å²) in [6.07, 6.45) is 10.0. The van der Waals surface area contributed by atoms with Crippen molar-refractivity contribution in [1.82, 2.24) is 0 Å². The Kier molecular flexibility index (Phi) is 5.29. The molecule has 3 rings (SSSR count). The van der Waals surface area contributed by atoms with Crippen LogP contribution in [0.1, 0.15) is 46.0 Å². The summed E-state index contributed by atoms with van der Waals surface area (Å²) < 4.78 is 11.1. The Morgan fingerprint density at radius 3 is 2.75 bits per heavy atom. The van der Waals surface area contributed by atoms with Gasteiger partial charge in [0.15, 0.2) is 0 Å². The Morgan fingerprint density at radius 1 is 1.25 bits per heavy atom. The second-order valence-electron chi connectivity index (χ2n) is 7.73. The SMILES string of the molecule is C=C1CC/C=C(\C)CC/C=C(\C)[C@H]2C[C@H]3C(COC)C(=O)O[C@H]3[C@H]12. The summed E-state index contributed by atoms with van der Waals surface area (Å²) in [5.74, 6) is 0.808. The van der Waals surface area contributed by atoms with Crippen LogP contribution in [0.25, 0.3) is 0 Å². The van der Waals surface area contributed by atoms with E-state index in [2.05, 4.69) is 32.6 Å². The summed E-state index contributed by atoms with van der Waals surface area (Å²) in [5, 5.41) is 0. The van der Waals surface area contributed by atoms with Gasteiger partial charge in [0.1, 0.15) is 6.10 Å². The van der Waals surface area contributed by atoms with E-state index in [1.54, 1.807) is 7.11 Å². The van der Waals surface area contributed by atoms with Gasteiger partial charge in [0, 0.05) is 18.9 Å². The minimum Gasteiger partial charge on any atom is -0.461 e. The molecule has 1 saturated carbocycles. The molecule has 0 spiro atoms. The molecule has 0 N–H and O–H groups in total. The van der Waals surface area contributed by atoms with Crippen molar-refractivity contribution < 1.29 is 14.3 Å². The number of allylic oxidation sites excluding steroid dienone is 4. The fourth-order valence-corrected chi connectivity index (χ4v) is 4.83. The molecule has 2 aliphatic carbocycles. The smallest absolute Gasteiger partial charge is 0.312 e. The monoisotopic (exact) mass is 330 g/mol. The number of fused-ring (bicyclic) bond motifs is 3. The van der Waals surface area contributed by atoms with E-state index in [1.807, 2.05) is 0 Å². The lowest BCUT2D eigenvalue weighted by Gasteiger charge is -2.26. The predicted molar refractivity (Wildman–Crippen MR) is 95.5 cm³/mol. The number of hydrogen-bond donors (Lipinski definition) is 0. The van der Waals surface area contributed by atoms with Crippen LogP contribution in [0.2, 0.25) is 0 Å². The maximum atomic E-state index is 12.3. The zero-order valence-corrected chi connectivity index (χ0v) is 15.2. The minimum atomic E-state index is -0.108. The van der Waals surface area contributed by atoms with Gasteiger partial charge in [-0.3, -0.25) is 4.79 Å². The molecule has 0 bridgehead atoms. The van der Waals surface area contributed by atoms with Crippen molar-refractivity contribution in [3.63, 3.8) is 0 Å². The van der Waals surface area contributed by atoms with Gasteiger partial charge in [-0.05, 0) is 51.9 Å². The molecule has 132 valence electrons. The van der Waals surface area contributed by atoms with E-state index in [0.29, 0.717) is 12.5 Å². The summed E-state index contributed by atoms with van der Waals surface area (Å²) in [6, 6.07) is 0. The van der Waals surface area contributed by atoms with E-state index in [0.717, 1.165) is 32.1 Å². The molecule has 0 amide bonds. The standard InChI is InChI=1S/C21H30O3/c1-13-7-5-9-14(2)16-11-17-18(12-23-4)21(22)24-20(17)19(16)15(3)10-6-8-13/h8-9,16-20H,3,5-7,10-12H2,1-2,4H3/b13-8+,14-9+/t16-,17+,18?,19-,20-/m1/s1. The van der Waals surface area contributed by atoms with Crippen LogP contribution in [0.4, 0.5) is 0 Å². The van der Waals surface area contributed by atoms with E-state index in [4.69, 9.17) is 9.47 Å². The molecular weight excluding hydrogens is 300 g/mol. The third-order valence-electron chi connectivity index (χ3n) is 6.17. The second kappa shape index (κ2) is 7.26. The molecule has 2 fully saturated rings. The third-order valence-corrected chi connectivity index (χ3v) is 6.17. The maximum Gasteiger partial charge on any atom is 0.312 e. The summed E-state index contributed by atoms with van der Waals surface area (Å²) in [5.41, 5.74) is 4.15. The van der Waals surface area contributed by atoms with Crippen LogP contribution in [0.3, 0.4) is 0 Å². The maximum absolute atomic E-state index is 12.3. The lowest BCUT2D eigenvalue weighted by atomic mass is 9.82. The first-order valence-electron chi connectivity index (χ1n) is 9.22. The van der Waals surface area contributed by atoms with Crippen LogP contribution in [0, 0.1) is 23.7 Å². The van der Waals surface area contributed by atoms with Gasteiger partial charge in [0.2, 0.25) is 0 Å². The van der Waals surface area contributed by atoms with Crippen molar-refractivity contribution in [3.8, 4) is 0 Å². The van der Waals surface area contributed by atoms with Crippen LogP contribution >= 0.6 is 0 Å². The van der Waals surface area contributed by atoms with Gasteiger partial charge in [0.25, 0.3) is 0 Å². The van der Waals surface area contributed by atoms with Crippen molar-refractivity contribution in [2.75, 3.05) is 13.7 Å². The zero-order valence-electron chi connectivity index (χ0n) is 15.2.